The van der Waals surface area contributed by atoms with Gasteiger partial charge < -0.3 is 4.74 Å². The molecule has 0 radical (unpaired) electrons. The van der Waals surface area contributed by atoms with Gasteiger partial charge in [0.1, 0.15) is 5.75 Å². The Morgan fingerprint density at radius 1 is 1.23 bits per heavy atom. The fourth-order valence-electron chi connectivity index (χ4n) is 3.73. The van der Waals surface area contributed by atoms with Gasteiger partial charge in [-0.05, 0) is 43.9 Å². The first-order valence-electron chi connectivity index (χ1n) is 8.55. The molecule has 0 fully saturated rings. The first-order chi connectivity index (χ1) is 12.5. The van der Waals surface area contributed by atoms with Crippen LogP contribution in [0.2, 0.25) is 0 Å². The molecule has 3 aromatic rings. The predicted molar refractivity (Wildman–Crippen MR) is 96.1 cm³/mol. The number of benzene rings is 1. The summed E-state index contributed by atoms with van der Waals surface area (Å²) >= 11 is 0. The van der Waals surface area contributed by atoms with E-state index in [4.69, 9.17) is 4.74 Å². The fourth-order valence-corrected chi connectivity index (χ4v) is 3.73. The first kappa shape index (κ1) is 16.4. The van der Waals surface area contributed by atoms with Crippen LogP contribution in [0.4, 0.5) is 0 Å². The number of aryl methyl sites for hydroxylation is 1. The maximum absolute atomic E-state index is 12.7. The molecule has 2 heterocycles. The van der Waals surface area contributed by atoms with Gasteiger partial charge in [0.2, 0.25) is 0 Å². The topological polar surface area (TPSA) is 73.6 Å². The summed E-state index contributed by atoms with van der Waals surface area (Å²) in [7, 11) is 1.63. The van der Waals surface area contributed by atoms with Crippen molar-refractivity contribution in [2.24, 2.45) is 0 Å². The molecule has 4 rings (SSSR count). The SMILES string of the molecule is COc1ccc(C2CC(=O)c3cnc4c(C(C)=O)c(C)nn4c3C2)cc1. The molecule has 6 heteroatoms. The third-order valence-corrected chi connectivity index (χ3v) is 5.03. The predicted octanol–water partition coefficient (Wildman–Crippen LogP) is 3.16. The number of ether oxygens (including phenoxy) is 1. The van der Waals surface area contributed by atoms with E-state index >= 15 is 0 Å². The molecule has 1 aliphatic rings. The zero-order chi connectivity index (χ0) is 18.4. The number of aromatic nitrogens is 3. The number of nitrogens with zero attached hydrogens (tertiary/aromatic N) is 3. The molecule has 1 aliphatic carbocycles. The number of methoxy groups -OCH3 is 1. The normalized spacial score (nSPS) is 16.6. The molecule has 132 valence electrons. The number of carbonyl (C=O) groups is 2. The van der Waals surface area contributed by atoms with Gasteiger partial charge in [0.25, 0.3) is 0 Å². The Labute approximate surface area is 150 Å². The lowest BCUT2D eigenvalue weighted by atomic mass is 9.82. The molecule has 26 heavy (non-hydrogen) atoms. The van der Waals surface area contributed by atoms with Gasteiger partial charge in [0.05, 0.1) is 29.6 Å². The number of ketones is 2. The number of carbonyl (C=O) groups excluding carboxylic acids is 2. The highest BCUT2D eigenvalue weighted by atomic mass is 16.5. The Kier molecular flexibility index (Phi) is 3.83. The maximum Gasteiger partial charge on any atom is 0.166 e. The van der Waals surface area contributed by atoms with Crippen LogP contribution in [0.25, 0.3) is 5.65 Å². The molecule has 1 aromatic carbocycles. The summed E-state index contributed by atoms with van der Waals surface area (Å²) in [6, 6.07) is 7.80. The highest BCUT2D eigenvalue weighted by Crippen LogP contribution is 2.34. The molecule has 2 aromatic heterocycles. The number of hydrogen-bond donors (Lipinski definition) is 0. The van der Waals surface area contributed by atoms with Gasteiger partial charge in [-0.15, -0.1) is 0 Å². The average molecular weight is 349 g/mol. The number of Topliss-reactive ketones (excluding diaryl/α,β-unsaturated/α-hetero) is 2. The van der Waals surface area contributed by atoms with Crippen LogP contribution in [0.1, 0.15) is 56.9 Å². The summed E-state index contributed by atoms with van der Waals surface area (Å²) in [5.41, 5.74) is 4.19. The Balaban J connectivity index is 1.82. The lowest BCUT2D eigenvalue weighted by molar-refractivity contribution is 0.0961. The van der Waals surface area contributed by atoms with E-state index in [0.29, 0.717) is 35.3 Å². The number of rotatable bonds is 3. The van der Waals surface area contributed by atoms with E-state index in [0.717, 1.165) is 17.0 Å². The molecule has 0 amide bonds. The molecular formula is C20H19N3O3. The van der Waals surface area contributed by atoms with Crippen molar-refractivity contribution in [3.63, 3.8) is 0 Å². The molecule has 1 unspecified atom stereocenters. The van der Waals surface area contributed by atoms with Gasteiger partial charge in [-0.1, -0.05) is 12.1 Å². The Morgan fingerprint density at radius 3 is 2.62 bits per heavy atom. The second kappa shape index (κ2) is 6.05. The Morgan fingerprint density at radius 2 is 1.96 bits per heavy atom. The molecule has 0 saturated carbocycles. The molecule has 0 N–H and O–H groups in total. The van der Waals surface area contributed by atoms with Gasteiger partial charge in [-0.2, -0.15) is 5.10 Å². The van der Waals surface area contributed by atoms with Gasteiger partial charge in [-0.25, -0.2) is 9.50 Å². The van der Waals surface area contributed by atoms with E-state index in [-0.39, 0.29) is 17.5 Å². The highest BCUT2D eigenvalue weighted by Gasteiger charge is 2.30. The highest BCUT2D eigenvalue weighted by molar-refractivity contribution is 6.02. The molecule has 0 bridgehead atoms. The van der Waals surface area contributed by atoms with Crippen LogP contribution in [0, 0.1) is 6.92 Å². The quantitative estimate of drug-likeness (QED) is 0.679. The summed E-state index contributed by atoms with van der Waals surface area (Å²) < 4.78 is 6.88. The minimum atomic E-state index is -0.0706. The minimum absolute atomic E-state index is 0.0546. The van der Waals surface area contributed by atoms with Crippen molar-refractivity contribution in [3.8, 4) is 5.75 Å². The average Bonchev–Trinajstić information content (AvgIpc) is 2.98. The van der Waals surface area contributed by atoms with Gasteiger partial charge in [-0.3, -0.25) is 9.59 Å². The Bertz CT molecular complexity index is 1030. The van der Waals surface area contributed by atoms with Crippen molar-refractivity contribution in [2.75, 3.05) is 7.11 Å². The minimum Gasteiger partial charge on any atom is -0.497 e. The third kappa shape index (κ3) is 2.49. The second-order valence-corrected chi connectivity index (χ2v) is 6.67. The van der Waals surface area contributed by atoms with E-state index in [1.165, 1.54) is 6.92 Å². The van der Waals surface area contributed by atoms with Crippen LogP contribution < -0.4 is 4.74 Å². The van der Waals surface area contributed by atoms with Crippen molar-refractivity contribution >= 4 is 17.2 Å². The first-order valence-corrected chi connectivity index (χ1v) is 8.55. The lowest BCUT2D eigenvalue weighted by Gasteiger charge is -2.24. The summed E-state index contributed by atoms with van der Waals surface area (Å²) in [4.78, 5) is 29.0. The summed E-state index contributed by atoms with van der Waals surface area (Å²) in [6.07, 6.45) is 2.70. The smallest absolute Gasteiger partial charge is 0.166 e. The summed E-state index contributed by atoms with van der Waals surface area (Å²) in [5, 5.41) is 4.50. The Hall–Kier alpha value is -3.02. The third-order valence-electron chi connectivity index (χ3n) is 5.03. The van der Waals surface area contributed by atoms with Crippen LogP contribution in [0.3, 0.4) is 0 Å². The van der Waals surface area contributed by atoms with Crippen LogP contribution in [0.5, 0.6) is 5.75 Å². The molecule has 6 nitrogen and oxygen atoms in total. The van der Waals surface area contributed by atoms with Crippen LogP contribution in [0.15, 0.2) is 30.5 Å². The van der Waals surface area contributed by atoms with Crippen molar-refractivity contribution in [2.45, 2.75) is 32.6 Å². The van der Waals surface area contributed by atoms with Gasteiger partial charge in [0.15, 0.2) is 17.2 Å². The molecule has 0 spiro atoms. The fraction of sp³-hybridized carbons (Fsp3) is 0.300. The van der Waals surface area contributed by atoms with E-state index in [1.807, 2.05) is 24.3 Å². The molecular weight excluding hydrogens is 330 g/mol. The van der Waals surface area contributed by atoms with Crippen molar-refractivity contribution in [3.05, 3.63) is 58.5 Å². The van der Waals surface area contributed by atoms with Crippen molar-refractivity contribution in [1.82, 2.24) is 14.6 Å². The molecule has 1 atom stereocenters. The monoisotopic (exact) mass is 349 g/mol. The second-order valence-electron chi connectivity index (χ2n) is 6.67. The van der Waals surface area contributed by atoms with Crippen molar-refractivity contribution in [1.29, 1.82) is 0 Å². The standard InChI is InChI=1S/C20H19N3O3/c1-11-19(12(2)24)20-21-10-16-17(23(20)22-11)8-14(9-18(16)25)13-4-6-15(26-3)7-5-13/h4-7,10,14H,8-9H2,1-3H3. The van der Waals surface area contributed by atoms with E-state index < -0.39 is 0 Å². The molecule has 0 saturated heterocycles. The van der Waals surface area contributed by atoms with E-state index in [2.05, 4.69) is 10.1 Å². The van der Waals surface area contributed by atoms with Crippen LogP contribution in [-0.2, 0) is 6.42 Å². The zero-order valence-corrected chi connectivity index (χ0v) is 14.9. The summed E-state index contributed by atoms with van der Waals surface area (Å²) in [6.45, 7) is 3.31. The van der Waals surface area contributed by atoms with Crippen molar-refractivity contribution < 1.29 is 14.3 Å². The van der Waals surface area contributed by atoms with E-state index in [9.17, 15) is 9.59 Å². The van der Waals surface area contributed by atoms with Crippen LogP contribution >= 0.6 is 0 Å². The zero-order valence-electron chi connectivity index (χ0n) is 14.9. The van der Waals surface area contributed by atoms with E-state index in [1.54, 1.807) is 24.7 Å². The van der Waals surface area contributed by atoms with Gasteiger partial charge in [0, 0.05) is 12.6 Å². The largest absolute Gasteiger partial charge is 0.497 e. The lowest BCUT2D eigenvalue weighted by Crippen LogP contribution is -2.22. The number of hydrogen-bond acceptors (Lipinski definition) is 5. The number of fused-ring (bicyclic) bond motifs is 3. The summed E-state index contributed by atoms with van der Waals surface area (Å²) in [5.74, 6) is 0.839. The molecule has 0 aliphatic heterocycles. The van der Waals surface area contributed by atoms with Gasteiger partial charge >= 0.3 is 0 Å². The maximum atomic E-state index is 12.7. The van der Waals surface area contributed by atoms with Crippen LogP contribution in [-0.4, -0.2) is 33.3 Å².